The molecule has 2 N–H and O–H groups in total. The highest BCUT2D eigenvalue weighted by Gasteiger charge is 2.43. The number of likely N-dealkylation sites (N-methyl/N-ethyl adjacent to an activating group) is 1. The Hall–Kier alpha value is -0.960. The number of thioether (sulfide) groups is 1. The Labute approximate surface area is 178 Å². The summed E-state index contributed by atoms with van der Waals surface area (Å²) < 4.78 is 0.241. The fraction of sp³-hybridized carbons (Fsp3) is 0.579. The molecule has 0 aromatic heterocycles. The summed E-state index contributed by atoms with van der Waals surface area (Å²) in [5.74, 6) is 0.731. The number of benzene rings is 1. The van der Waals surface area contributed by atoms with Gasteiger partial charge in [-0.3, -0.25) is 4.79 Å². The van der Waals surface area contributed by atoms with Crippen molar-refractivity contribution in [2.75, 3.05) is 27.2 Å². The lowest BCUT2D eigenvalue weighted by atomic mass is 10.3. The van der Waals surface area contributed by atoms with E-state index >= 15 is 0 Å². The molecule has 1 aliphatic carbocycles. The summed E-state index contributed by atoms with van der Waals surface area (Å²) in [6.45, 7) is 5.27. The van der Waals surface area contributed by atoms with E-state index in [1.807, 2.05) is 17.8 Å². The van der Waals surface area contributed by atoms with E-state index in [4.69, 9.17) is 0 Å². The van der Waals surface area contributed by atoms with Gasteiger partial charge in [0.25, 0.3) is 0 Å². The fourth-order valence-corrected chi connectivity index (χ4v) is 3.46. The van der Waals surface area contributed by atoms with E-state index in [2.05, 4.69) is 53.7 Å². The van der Waals surface area contributed by atoms with Crippen LogP contribution in [0.4, 0.5) is 0 Å². The highest BCUT2D eigenvalue weighted by atomic mass is 127. The minimum Gasteiger partial charge on any atom is -0.355 e. The monoisotopic (exact) mass is 490 g/mol. The molecule has 0 radical (unpaired) electrons. The summed E-state index contributed by atoms with van der Waals surface area (Å²) in [5.41, 5.74) is 0. The van der Waals surface area contributed by atoms with Crippen LogP contribution in [0, 0.1) is 0 Å². The molecule has 1 atom stereocenters. The van der Waals surface area contributed by atoms with E-state index in [0.29, 0.717) is 6.04 Å². The lowest BCUT2D eigenvalue weighted by molar-refractivity contribution is -0.127. The number of carbonyl (C=O) groups is 1. The number of hydrogen-bond acceptors (Lipinski definition) is 3. The van der Waals surface area contributed by atoms with E-state index in [9.17, 15) is 4.79 Å². The molecule has 0 bridgehead atoms. The third-order valence-electron chi connectivity index (χ3n) is 4.33. The minimum atomic E-state index is 0. The maximum absolute atomic E-state index is 11.8. The number of amides is 1. The van der Waals surface area contributed by atoms with Crippen molar-refractivity contribution in [1.29, 1.82) is 0 Å². The fourth-order valence-electron chi connectivity index (χ4n) is 2.21. The first kappa shape index (κ1) is 23.1. The Morgan fingerprint density at radius 1 is 1.31 bits per heavy atom. The minimum absolute atomic E-state index is 0. The van der Waals surface area contributed by atoms with Gasteiger partial charge in [-0.05, 0) is 38.3 Å². The molecule has 0 heterocycles. The van der Waals surface area contributed by atoms with Gasteiger partial charge in [0.2, 0.25) is 5.91 Å². The van der Waals surface area contributed by atoms with E-state index in [-0.39, 0.29) is 41.2 Å². The second-order valence-corrected chi connectivity index (χ2v) is 8.40. The first-order valence-electron chi connectivity index (χ1n) is 8.93. The van der Waals surface area contributed by atoms with Crippen LogP contribution in [-0.2, 0) is 4.79 Å². The van der Waals surface area contributed by atoms with Gasteiger partial charge in [-0.2, -0.15) is 0 Å². The summed E-state index contributed by atoms with van der Waals surface area (Å²) in [4.78, 5) is 19.2. The van der Waals surface area contributed by atoms with Gasteiger partial charge in [-0.1, -0.05) is 25.1 Å². The number of guanidine groups is 1. The van der Waals surface area contributed by atoms with Gasteiger partial charge in [0, 0.05) is 36.3 Å². The zero-order valence-corrected chi connectivity index (χ0v) is 19.3. The van der Waals surface area contributed by atoms with Crippen molar-refractivity contribution >= 4 is 47.6 Å². The van der Waals surface area contributed by atoms with Crippen molar-refractivity contribution < 1.29 is 4.79 Å². The molecule has 1 fully saturated rings. The van der Waals surface area contributed by atoms with Gasteiger partial charge in [-0.15, -0.1) is 35.7 Å². The highest BCUT2D eigenvalue weighted by molar-refractivity contribution is 14.0. The molecule has 0 aliphatic heterocycles. The number of halogens is 1. The molecular weight excluding hydrogens is 459 g/mol. The Balaban J connectivity index is 0.00000338. The van der Waals surface area contributed by atoms with Crippen LogP contribution < -0.4 is 10.6 Å². The molecule has 1 aromatic carbocycles. The number of nitrogens with one attached hydrogen (secondary N) is 2. The predicted octanol–water partition coefficient (Wildman–Crippen LogP) is 3.35. The van der Waals surface area contributed by atoms with Crippen molar-refractivity contribution in [3.63, 3.8) is 0 Å². The van der Waals surface area contributed by atoms with Crippen LogP contribution >= 0.6 is 35.7 Å². The average Bonchev–Trinajstić information content (AvgIpc) is 3.37. The number of nitrogens with zero attached hydrogens (tertiary/aromatic N) is 2. The maximum atomic E-state index is 11.8. The molecule has 26 heavy (non-hydrogen) atoms. The first-order chi connectivity index (χ1) is 11.9. The van der Waals surface area contributed by atoms with E-state index in [1.165, 1.54) is 17.7 Å². The Bertz CT molecular complexity index is 590. The van der Waals surface area contributed by atoms with Crippen LogP contribution in [0.15, 0.2) is 40.2 Å². The van der Waals surface area contributed by atoms with Gasteiger partial charge in [0.1, 0.15) is 6.54 Å². The predicted molar refractivity (Wildman–Crippen MR) is 122 cm³/mol. The van der Waals surface area contributed by atoms with Crippen molar-refractivity contribution in [2.24, 2.45) is 4.99 Å². The second kappa shape index (κ2) is 11.0. The van der Waals surface area contributed by atoms with Crippen molar-refractivity contribution in [3.05, 3.63) is 30.3 Å². The largest absolute Gasteiger partial charge is 0.355 e. The third kappa shape index (κ3) is 7.73. The van der Waals surface area contributed by atoms with E-state index in [0.717, 1.165) is 18.9 Å². The topological polar surface area (TPSA) is 56.7 Å². The molecule has 0 spiro atoms. The summed E-state index contributed by atoms with van der Waals surface area (Å²) >= 11 is 1.93. The van der Waals surface area contributed by atoms with E-state index in [1.54, 1.807) is 19.0 Å². The van der Waals surface area contributed by atoms with Crippen LogP contribution in [-0.4, -0.2) is 54.7 Å². The molecule has 1 unspecified atom stereocenters. The van der Waals surface area contributed by atoms with Gasteiger partial charge < -0.3 is 15.5 Å². The molecule has 1 aromatic rings. The molecule has 1 saturated carbocycles. The molecule has 1 aliphatic rings. The second-order valence-electron chi connectivity index (χ2n) is 6.86. The van der Waals surface area contributed by atoms with Crippen LogP contribution in [0.2, 0.25) is 0 Å². The van der Waals surface area contributed by atoms with Gasteiger partial charge in [0.15, 0.2) is 5.96 Å². The van der Waals surface area contributed by atoms with Gasteiger partial charge in [-0.25, -0.2) is 4.99 Å². The molecule has 1 amide bonds. The number of carbonyl (C=O) groups excluding carboxylic acids is 1. The van der Waals surface area contributed by atoms with Crippen LogP contribution in [0.5, 0.6) is 0 Å². The lowest BCUT2D eigenvalue weighted by Gasteiger charge is -2.21. The molecule has 5 nitrogen and oxygen atoms in total. The lowest BCUT2D eigenvalue weighted by Crippen LogP contribution is -2.45. The molecule has 146 valence electrons. The molecular formula is C19H31IN4OS. The Kier molecular flexibility index (Phi) is 9.78. The van der Waals surface area contributed by atoms with Crippen LogP contribution in [0.1, 0.15) is 33.1 Å². The average molecular weight is 490 g/mol. The SMILES string of the molecule is CCC(C)NC(=NCC(=O)N(C)C)NCC1(Sc2ccccc2)CC1.I. The summed E-state index contributed by atoms with van der Waals surface area (Å²) in [6, 6.07) is 10.8. The summed E-state index contributed by atoms with van der Waals surface area (Å²) in [7, 11) is 3.51. The van der Waals surface area contributed by atoms with E-state index < -0.39 is 0 Å². The normalized spacial score (nSPS) is 16.2. The van der Waals surface area contributed by atoms with Crippen molar-refractivity contribution in [2.45, 2.75) is 48.8 Å². The Morgan fingerprint density at radius 2 is 1.96 bits per heavy atom. The number of aliphatic imine (C=N–C) groups is 1. The zero-order valence-electron chi connectivity index (χ0n) is 16.1. The van der Waals surface area contributed by atoms with Gasteiger partial charge in [0.05, 0.1) is 0 Å². The van der Waals surface area contributed by atoms with Gasteiger partial charge >= 0.3 is 0 Å². The highest BCUT2D eigenvalue weighted by Crippen LogP contribution is 2.51. The van der Waals surface area contributed by atoms with Crippen molar-refractivity contribution in [1.82, 2.24) is 15.5 Å². The van der Waals surface area contributed by atoms with Crippen molar-refractivity contribution in [3.8, 4) is 0 Å². The van der Waals surface area contributed by atoms with Crippen LogP contribution in [0.3, 0.4) is 0 Å². The molecule has 7 heteroatoms. The first-order valence-corrected chi connectivity index (χ1v) is 9.75. The summed E-state index contributed by atoms with van der Waals surface area (Å²) in [6.07, 6.45) is 3.41. The zero-order chi connectivity index (χ0) is 18.3. The standard InChI is InChI=1S/C19H30N4OS.HI/c1-5-15(2)22-18(20-13-17(24)23(3)4)21-14-19(11-12-19)25-16-9-7-6-8-10-16;/h6-10,15H,5,11-14H2,1-4H3,(H2,20,21,22);1H. The summed E-state index contributed by atoms with van der Waals surface area (Å²) in [5, 5.41) is 6.83. The molecule has 2 rings (SSSR count). The number of hydrogen-bond donors (Lipinski definition) is 2. The molecule has 0 saturated heterocycles. The maximum Gasteiger partial charge on any atom is 0.243 e. The number of rotatable bonds is 8. The van der Waals surface area contributed by atoms with Crippen LogP contribution in [0.25, 0.3) is 0 Å². The smallest absolute Gasteiger partial charge is 0.243 e. The Morgan fingerprint density at radius 3 is 2.50 bits per heavy atom. The third-order valence-corrected chi connectivity index (χ3v) is 5.82. The quantitative estimate of drug-likeness (QED) is 0.334.